The van der Waals surface area contributed by atoms with Crippen molar-refractivity contribution in [2.75, 3.05) is 19.6 Å². The fraction of sp³-hybridized carbons (Fsp3) is 0.769. The summed E-state index contributed by atoms with van der Waals surface area (Å²) in [6.07, 6.45) is 6.56. The highest BCUT2D eigenvalue weighted by atomic mass is 15.3. The zero-order valence-corrected chi connectivity index (χ0v) is 11.0. The average Bonchev–Trinajstić information content (AvgIpc) is 2.80. The first kappa shape index (κ1) is 12.6. The van der Waals surface area contributed by atoms with Gasteiger partial charge in [0.2, 0.25) is 0 Å². The molecule has 1 aromatic heterocycles. The van der Waals surface area contributed by atoms with Crippen molar-refractivity contribution in [2.45, 2.75) is 39.8 Å². The Morgan fingerprint density at radius 1 is 1.41 bits per heavy atom. The van der Waals surface area contributed by atoms with Crippen molar-refractivity contribution < 1.29 is 0 Å². The summed E-state index contributed by atoms with van der Waals surface area (Å²) in [4.78, 5) is 2.51. The molecule has 2 heterocycles. The van der Waals surface area contributed by atoms with Gasteiger partial charge in [-0.05, 0) is 44.8 Å². The Bertz CT molecular complexity index is 350. The third-order valence-corrected chi connectivity index (χ3v) is 3.97. The van der Waals surface area contributed by atoms with Gasteiger partial charge < -0.3 is 5.73 Å². The van der Waals surface area contributed by atoms with Crippen molar-refractivity contribution in [3.8, 4) is 0 Å². The van der Waals surface area contributed by atoms with Gasteiger partial charge in [0, 0.05) is 24.8 Å². The van der Waals surface area contributed by atoms with Gasteiger partial charge in [0.25, 0.3) is 0 Å². The number of aromatic nitrogens is 2. The van der Waals surface area contributed by atoms with E-state index in [2.05, 4.69) is 30.0 Å². The predicted molar refractivity (Wildman–Crippen MR) is 69.6 cm³/mol. The Morgan fingerprint density at radius 3 is 2.65 bits per heavy atom. The summed E-state index contributed by atoms with van der Waals surface area (Å²) in [5.74, 6) is 0. The van der Waals surface area contributed by atoms with E-state index in [0.29, 0.717) is 5.41 Å². The molecule has 0 amide bonds. The summed E-state index contributed by atoms with van der Waals surface area (Å²) in [7, 11) is 0. The molecule has 0 aromatic carbocycles. The van der Waals surface area contributed by atoms with Crippen LogP contribution in [0.1, 0.15) is 32.3 Å². The minimum absolute atomic E-state index is 0.365. The fourth-order valence-corrected chi connectivity index (χ4v) is 2.37. The molecule has 1 saturated heterocycles. The summed E-state index contributed by atoms with van der Waals surface area (Å²) in [5.41, 5.74) is 7.51. The minimum Gasteiger partial charge on any atom is -0.330 e. The third kappa shape index (κ3) is 3.07. The zero-order chi connectivity index (χ0) is 12.3. The normalized spacial score (nSPS) is 20.6. The second kappa shape index (κ2) is 5.19. The quantitative estimate of drug-likeness (QED) is 0.861. The lowest BCUT2D eigenvalue weighted by atomic mass is 9.80. The van der Waals surface area contributed by atoms with Crippen LogP contribution in [0, 0.1) is 5.41 Å². The molecule has 0 saturated carbocycles. The highest BCUT2D eigenvalue weighted by Crippen LogP contribution is 2.29. The van der Waals surface area contributed by atoms with Gasteiger partial charge in [0.15, 0.2) is 0 Å². The Morgan fingerprint density at radius 2 is 2.12 bits per heavy atom. The van der Waals surface area contributed by atoms with E-state index in [1.54, 1.807) is 0 Å². The molecule has 4 nitrogen and oxygen atoms in total. The largest absolute Gasteiger partial charge is 0.330 e. The van der Waals surface area contributed by atoms with Gasteiger partial charge in [0.1, 0.15) is 0 Å². The first-order chi connectivity index (χ1) is 8.15. The number of likely N-dealkylation sites (tertiary alicyclic amines) is 1. The van der Waals surface area contributed by atoms with E-state index in [0.717, 1.165) is 32.7 Å². The van der Waals surface area contributed by atoms with Gasteiger partial charge in [-0.25, -0.2) is 0 Å². The number of nitrogens with zero attached hydrogens (tertiary/aromatic N) is 3. The summed E-state index contributed by atoms with van der Waals surface area (Å²) in [6.45, 7) is 9.53. The van der Waals surface area contributed by atoms with Gasteiger partial charge in [0.05, 0.1) is 6.20 Å². The lowest BCUT2D eigenvalue weighted by molar-refractivity contribution is 0.119. The fourth-order valence-electron chi connectivity index (χ4n) is 2.37. The van der Waals surface area contributed by atoms with Gasteiger partial charge in [-0.15, -0.1) is 0 Å². The van der Waals surface area contributed by atoms with Crippen LogP contribution in [0.2, 0.25) is 0 Å². The second-order valence-electron chi connectivity index (χ2n) is 5.50. The topological polar surface area (TPSA) is 47.1 Å². The van der Waals surface area contributed by atoms with Crippen LogP contribution in [0.5, 0.6) is 0 Å². The number of hydrogen-bond acceptors (Lipinski definition) is 3. The molecule has 2 rings (SSSR count). The van der Waals surface area contributed by atoms with E-state index >= 15 is 0 Å². The maximum Gasteiger partial charge on any atom is 0.0534 e. The molecule has 4 heteroatoms. The predicted octanol–water partition coefficient (Wildman–Crippen LogP) is 1.46. The van der Waals surface area contributed by atoms with Gasteiger partial charge in [-0.3, -0.25) is 9.58 Å². The summed E-state index contributed by atoms with van der Waals surface area (Å²) < 4.78 is 1.99. The van der Waals surface area contributed by atoms with Crippen molar-refractivity contribution in [1.82, 2.24) is 14.7 Å². The van der Waals surface area contributed by atoms with Crippen LogP contribution < -0.4 is 5.73 Å². The highest BCUT2D eigenvalue weighted by Gasteiger charge is 2.28. The number of hydrogen-bond donors (Lipinski definition) is 1. The molecule has 1 fully saturated rings. The molecule has 1 aliphatic rings. The molecule has 17 heavy (non-hydrogen) atoms. The molecule has 1 aromatic rings. The van der Waals surface area contributed by atoms with Crippen molar-refractivity contribution in [3.05, 3.63) is 18.0 Å². The van der Waals surface area contributed by atoms with Gasteiger partial charge in [-0.2, -0.15) is 5.10 Å². The van der Waals surface area contributed by atoms with Gasteiger partial charge >= 0.3 is 0 Å². The molecule has 0 atom stereocenters. The van der Waals surface area contributed by atoms with Crippen LogP contribution in [0.15, 0.2) is 12.4 Å². The van der Waals surface area contributed by atoms with Crippen molar-refractivity contribution in [2.24, 2.45) is 11.1 Å². The second-order valence-corrected chi connectivity index (χ2v) is 5.50. The molecule has 0 bridgehead atoms. The number of nitrogens with two attached hydrogens (primary N) is 1. The number of rotatable bonds is 4. The monoisotopic (exact) mass is 236 g/mol. The molecule has 0 aliphatic carbocycles. The molecule has 0 spiro atoms. The van der Waals surface area contributed by atoms with E-state index < -0.39 is 0 Å². The summed E-state index contributed by atoms with van der Waals surface area (Å²) in [5, 5.41) is 4.31. The standard InChI is InChI=1S/C13H24N4/c1-3-17-10-12(8-15-17)9-16-6-4-13(2,11-14)5-7-16/h8,10H,3-7,9,11,14H2,1-2H3. The minimum atomic E-state index is 0.365. The van der Waals surface area contributed by atoms with Crippen LogP contribution in [-0.4, -0.2) is 34.3 Å². The molecular weight excluding hydrogens is 212 g/mol. The van der Waals surface area contributed by atoms with Crippen LogP contribution in [0.3, 0.4) is 0 Å². The summed E-state index contributed by atoms with van der Waals surface area (Å²) in [6, 6.07) is 0. The number of piperidine rings is 1. The Balaban J connectivity index is 1.85. The van der Waals surface area contributed by atoms with Crippen LogP contribution in [0.4, 0.5) is 0 Å². The average molecular weight is 236 g/mol. The lowest BCUT2D eigenvalue weighted by Gasteiger charge is -2.38. The smallest absolute Gasteiger partial charge is 0.0534 e. The molecule has 0 unspecified atom stereocenters. The van der Waals surface area contributed by atoms with Crippen LogP contribution in [0.25, 0.3) is 0 Å². The molecule has 1 aliphatic heterocycles. The van der Waals surface area contributed by atoms with E-state index in [1.807, 2.05) is 10.9 Å². The maximum absolute atomic E-state index is 5.83. The van der Waals surface area contributed by atoms with E-state index in [4.69, 9.17) is 5.73 Å². The van der Waals surface area contributed by atoms with Crippen LogP contribution >= 0.6 is 0 Å². The molecule has 0 radical (unpaired) electrons. The van der Waals surface area contributed by atoms with Crippen molar-refractivity contribution in [1.29, 1.82) is 0 Å². The van der Waals surface area contributed by atoms with E-state index in [1.165, 1.54) is 18.4 Å². The van der Waals surface area contributed by atoms with Crippen molar-refractivity contribution >= 4 is 0 Å². The third-order valence-electron chi connectivity index (χ3n) is 3.97. The van der Waals surface area contributed by atoms with E-state index in [-0.39, 0.29) is 0 Å². The SMILES string of the molecule is CCn1cc(CN2CCC(C)(CN)CC2)cn1. The lowest BCUT2D eigenvalue weighted by Crippen LogP contribution is -2.41. The Labute approximate surface area is 104 Å². The first-order valence-corrected chi connectivity index (χ1v) is 6.59. The molecular formula is C13H24N4. The Kier molecular flexibility index (Phi) is 3.84. The maximum atomic E-state index is 5.83. The van der Waals surface area contributed by atoms with Crippen LogP contribution in [-0.2, 0) is 13.1 Å². The number of aryl methyl sites for hydroxylation is 1. The van der Waals surface area contributed by atoms with Crippen molar-refractivity contribution in [3.63, 3.8) is 0 Å². The molecule has 96 valence electrons. The van der Waals surface area contributed by atoms with Gasteiger partial charge in [-0.1, -0.05) is 6.92 Å². The summed E-state index contributed by atoms with van der Waals surface area (Å²) >= 11 is 0. The zero-order valence-electron chi connectivity index (χ0n) is 11.0. The molecule has 2 N–H and O–H groups in total. The highest BCUT2D eigenvalue weighted by molar-refractivity contribution is 5.04. The first-order valence-electron chi connectivity index (χ1n) is 6.59. The Hall–Kier alpha value is -0.870. The van der Waals surface area contributed by atoms with E-state index in [9.17, 15) is 0 Å².